The van der Waals surface area contributed by atoms with Gasteiger partial charge < -0.3 is 4.74 Å². The maximum atomic E-state index is 9.98. The Kier molecular flexibility index (Phi) is 7.08. The van der Waals surface area contributed by atoms with Crippen molar-refractivity contribution in [3.63, 3.8) is 0 Å². The van der Waals surface area contributed by atoms with E-state index in [0.717, 1.165) is 12.9 Å². The van der Waals surface area contributed by atoms with Crippen LogP contribution in [0.15, 0.2) is 24.5 Å². The van der Waals surface area contributed by atoms with E-state index in [-0.39, 0.29) is 0 Å². The number of methoxy groups -OCH3 is 1. The van der Waals surface area contributed by atoms with Gasteiger partial charge in [-0.15, -0.1) is 0 Å². The first-order valence-electron chi connectivity index (χ1n) is 3.69. The second-order valence-corrected chi connectivity index (χ2v) is 1.98. The zero-order valence-electron chi connectivity index (χ0n) is 7.36. The van der Waals surface area contributed by atoms with Crippen molar-refractivity contribution in [2.75, 3.05) is 13.7 Å². The van der Waals surface area contributed by atoms with Crippen molar-refractivity contribution in [2.45, 2.75) is 6.92 Å². The Balaban J connectivity index is 0.000000261. The Morgan fingerprint density at radius 1 is 1.50 bits per heavy atom. The topological polar surface area (TPSA) is 39.2 Å². The second-order valence-electron chi connectivity index (χ2n) is 1.98. The lowest BCUT2D eigenvalue weighted by molar-refractivity contribution is 0.112. The zero-order valence-corrected chi connectivity index (χ0v) is 7.36. The molecule has 0 radical (unpaired) electrons. The number of carbonyl (C=O) groups excluding carboxylic acids is 1. The van der Waals surface area contributed by atoms with Crippen LogP contribution in [0.25, 0.3) is 0 Å². The van der Waals surface area contributed by atoms with E-state index in [0.29, 0.717) is 5.56 Å². The minimum Gasteiger partial charge on any atom is -0.385 e. The third-order valence-electron chi connectivity index (χ3n) is 1.13. The Morgan fingerprint density at radius 3 is 2.25 bits per heavy atom. The summed E-state index contributed by atoms with van der Waals surface area (Å²) in [6, 6.07) is 3.32. The molecule has 1 aromatic heterocycles. The molecular weight excluding hydrogens is 154 g/mol. The number of pyridine rings is 1. The fraction of sp³-hybridized carbons (Fsp3) is 0.333. The molecule has 0 spiro atoms. The minimum absolute atomic E-state index is 0.667. The van der Waals surface area contributed by atoms with Crippen LogP contribution in [-0.2, 0) is 4.74 Å². The van der Waals surface area contributed by atoms with Crippen molar-refractivity contribution in [3.8, 4) is 0 Å². The number of carbonyl (C=O) groups is 1. The number of nitrogens with zero attached hydrogens (tertiary/aromatic N) is 1. The summed E-state index contributed by atoms with van der Waals surface area (Å²) in [5.74, 6) is 0. The van der Waals surface area contributed by atoms with E-state index in [1.54, 1.807) is 31.6 Å². The summed E-state index contributed by atoms with van der Waals surface area (Å²) in [5.41, 5.74) is 0.667. The molecule has 1 rings (SSSR count). The molecule has 0 atom stereocenters. The maximum Gasteiger partial charge on any atom is 0.150 e. The molecule has 0 unspecified atom stereocenters. The van der Waals surface area contributed by atoms with Crippen LogP contribution < -0.4 is 0 Å². The molecule has 0 saturated heterocycles. The number of ether oxygens (including phenoxy) is 1. The highest BCUT2D eigenvalue weighted by Gasteiger charge is 1.80. The fourth-order valence-electron chi connectivity index (χ4n) is 0.442. The van der Waals surface area contributed by atoms with Crippen LogP contribution in [0.5, 0.6) is 0 Å². The van der Waals surface area contributed by atoms with Gasteiger partial charge in [0.2, 0.25) is 0 Å². The highest BCUT2D eigenvalue weighted by atomic mass is 16.5. The molecule has 0 aliphatic heterocycles. The Hall–Kier alpha value is -1.22. The van der Waals surface area contributed by atoms with Gasteiger partial charge >= 0.3 is 0 Å². The molecule has 0 aliphatic rings. The van der Waals surface area contributed by atoms with Crippen LogP contribution in [0.1, 0.15) is 17.3 Å². The first kappa shape index (κ1) is 10.8. The standard InChI is InChI=1S/C6H5NO.C3H8O/c8-5-6-1-3-7-4-2-6;1-3-4-2/h1-5H;3H2,1-2H3. The minimum atomic E-state index is 0.667. The van der Waals surface area contributed by atoms with Crippen LogP contribution >= 0.6 is 0 Å². The Labute approximate surface area is 72.4 Å². The van der Waals surface area contributed by atoms with E-state index in [9.17, 15) is 4.79 Å². The first-order chi connectivity index (χ1) is 5.85. The summed E-state index contributed by atoms with van der Waals surface area (Å²) in [4.78, 5) is 13.7. The molecule has 66 valence electrons. The van der Waals surface area contributed by atoms with Crippen molar-refractivity contribution in [3.05, 3.63) is 30.1 Å². The summed E-state index contributed by atoms with van der Waals surface area (Å²) < 4.78 is 4.54. The van der Waals surface area contributed by atoms with Crippen molar-refractivity contribution in [2.24, 2.45) is 0 Å². The van der Waals surface area contributed by atoms with Crippen LogP contribution in [0.4, 0.5) is 0 Å². The lowest BCUT2D eigenvalue weighted by atomic mass is 10.3. The predicted molar refractivity (Wildman–Crippen MR) is 47.2 cm³/mol. The van der Waals surface area contributed by atoms with Crippen LogP contribution in [0.3, 0.4) is 0 Å². The molecule has 0 aromatic carbocycles. The second kappa shape index (κ2) is 7.88. The van der Waals surface area contributed by atoms with Crippen molar-refractivity contribution in [1.82, 2.24) is 4.98 Å². The van der Waals surface area contributed by atoms with Crippen molar-refractivity contribution in [1.29, 1.82) is 0 Å². The average Bonchev–Trinajstić information content (AvgIpc) is 2.19. The van der Waals surface area contributed by atoms with Gasteiger partial charge in [-0.3, -0.25) is 9.78 Å². The van der Waals surface area contributed by atoms with Gasteiger partial charge in [0, 0.05) is 31.7 Å². The van der Waals surface area contributed by atoms with E-state index in [4.69, 9.17) is 0 Å². The van der Waals surface area contributed by atoms with E-state index in [1.807, 2.05) is 6.92 Å². The van der Waals surface area contributed by atoms with Crippen molar-refractivity contribution < 1.29 is 9.53 Å². The van der Waals surface area contributed by atoms with E-state index in [2.05, 4.69) is 9.72 Å². The lowest BCUT2D eigenvalue weighted by Crippen LogP contribution is -1.76. The number of aromatic nitrogens is 1. The summed E-state index contributed by atoms with van der Waals surface area (Å²) >= 11 is 0. The van der Waals surface area contributed by atoms with Crippen LogP contribution in [-0.4, -0.2) is 25.0 Å². The summed E-state index contributed by atoms with van der Waals surface area (Å²) in [6.07, 6.45) is 3.97. The summed E-state index contributed by atoms with van der Waals surface area (Å²) in [5, 5.41) is 0. The lowest BCUT2D eigenvalue weighted by Gasteiger charge is -1.81. The fourth-order valence-corrected chi connectivity index (χ4v) is 0.442. The third kappa shape index (κ3) is 5.56. The number of rotatable bonds is 2. The molecule has 0 saturated carbocycles. The maximum absolute atomic E-state index is 9.98. The first-order valence-corrected chi connectivity index (χ1v) is 3.69. The largest absolute Gasteiger partial charge is 0.385 e. The number of hydrogen-bond acceptors (Lipinski definition) is 3. The Morgan fingerprint density at radius 2 is 2.00 bits per heavy atom. The van der Waals surface area contributed by atoms with Gasteiger partial charge in [-0.2, -0.15) is 0 Å². The van der Waals surface area contributed by atoms with Crippen LogP contribution in [0, 0.1) is 0 Å². The molecule has 3 nitrogen and oxygen atoms in total. The summed E-state index contributed by atoms with van der Waals surface area (Å²) in [7, 11) is 1.68. The zero-order chi connectivity index (χ0) is 9.23. The highest BCUT2D eigenvalue weighted by molar-refractivity contribution is 5.73. The monoisotopic (exact) mass is 167 g/mol. The van der Waals surface area contributed by atoms with Crippen LogP contribution in [0.2, 0.25) is 0 Å². The normalized spacial score (nSPS) is 8.17. The van der Waals surface area contributed by atoms with Gasteiger partial charge in [0.15, 0.2) is 0 Å². The Bertz CT molecular complexity index is 197. The van der Waals surface area contributed by atoms with Gasteiger partial charge in [-0.1, -0.05) is 0 Å². The molecule has 0 bridgehead atoms. The molecule has 0 fully saturated rings. The molecule has 0 aliphatic carbocycles. The molecule has 0 amide bonds. The number of hydrogen-bond donors (Lipinski definition) is 0. The smallest absolute Gasteiger partial charge is 0.150 e. The molecular formula is C9H13NO2. The molecule has 3 heteroatoms. The third-order valence-corrected chi connectivity index (χ3v) is 1.13. The van der Waals surface area contributed by atoms with Gasteiger partial charge in [0.25, 0.3) is 0 Å². The molecule has 1 aromatic rings. The quantitative estimate of drug-likeness (QED) is 0.627. The van der Waals surface area contributed by atoms with E-state index in [1.165, 1.54) is 0 Å². The molecule has 1 heterocycles. The van der Waals surface area contributed by atoms with Gasteiger partial charge in [0.05, 0.1) is 0 Å². The average molecular weight is 167 g/mol. The summed E-state index contributed by atoms with van der Waals surface area (Å²) in [6.45, 7) is 2.78. The number of aldehydes is 1. The molecule has 12 heavy (non-hydrogen) atoms. The van der Waals surface area contributed by atoms with Crippen molar-refractivity contribution >= 4 is 6.29 Å². The SMILES string of the molecule is CCOC.O=Cc1ccncc1. The van der Waals surface area contributed by atoms with E-state index < -0.39 is 0 Å². The highest BCUT2D eigenvalue weighted by Crippen LogP contribution is 1.88. The predicted octanol–water partition coefficient (Wildman–Crippen LogP) is 1.55. The van der Waals surface area contributed by atoms with Gasteiger partial charge in [-0.25, -0.2) is 0 Å². The van der Waals surface area contributed by atoms with Gasteiger partial charge in [-0.05, 0) is 19.1 Å². The van der Waals surface area contributed by atoms with E-state index >= 15 is 0 Å². The van der Waals surface area contributed by atoms with Gasteiger partial charge in [0.1, 0.15) is 6.29 Å². The molecule has 0 N–H and O–H groups in total.